The standard InChI is InChI=1S/C12H15N5O4S/c1-10-3-4-11(7-12(10)17(18)19)22(20,21)15-5-2-6-16-9-13-8-14-16/h3-4,7-9,15H,2,5-6H2,1H3. The molecule has 0 unspecified atom stereocenters. The number of aromatic nitrogens is 3. The van der Waals surface area contributed by atoms with Crippen LogP contribution in [0.4, 0.5) is 5.69 Å². The lowest BCUT2D eigenvalue weighted by Crippen LogP contribution is -2.25. The first-order valence-corrected chi connectivity index (χ1v) is 7.95. The van der Waals surface area contributed by atoms with E-state index < -0.39 is 14.9 Å². The van der Waals surface area contributed by atoms with Gasteiger partial charge in [-0.25, -0.2) is 18.1 Å². The maximum atomic E-state index is 12.1. The molecule has 0 bridgehead atoms. The van der Waals surface area contributed by atoms with E-state index in [1.165, 1.54) is 24.8 Å². The summed E-state index contributed by atoms with van der Waals surface area (Å²) in [5.41, 5.74) is 0.195. The Labute approximate surface area is 127 Å². The van der Waals surface area contributed by atoms with Crippen LogP contribution in [0.2, 0.25) is 0 Å². The Balaban J connectivity index is 2.00. The van der Waals surface area contributed by atoms with Crippen molar-refractivity contribution in [1.29, 1.82) is 0 Å². The molecule has 0 aliphatic carbocycles. The first kappa shape index (κ1) is 16.0. The van der Waals surface area contributed by atoms with Gasteiger partial charge in [-0.15, -0.1) is 0 Å². The summed E-state index contributed by atoms with van der Waals surface area (Å²) in [5, 5.41) is 14.8. The molecule has 9 nitrogen and oxygen atoms in total. The molecular formula is C12H15N5O4S. The molecule has 0 aliphatic rings. The zero-order valence-corrected chi connectivity index (χ0v) is 12.7. The molecular weight excluding hydrogens is 310 g/mol. The SMILES string of the molecule is Cc1ccc(S(=O)(=O)NCCCn2cncn2)cc1[N+](=O)[O-]. The average molecular weight is 325 g/mol. The summed E-state index contributed by atoms with van der Waals surface area (Å²) < 4.78 is 28.2. The molecule has 1 N–H and O–H groups in total. The third kappa shape index (κ3) is 3.86. The normalized spacial score (nSPS) is 11.5. The van der Waals surface area contributed by atoms with Crippen LogP contribution in [0.5, 0.6) is 0 Å². The fourth-order valence-electron chi connectivity index (χ4n) is 1.83. The van der Waals surface area contributed by atoms with Crippen LogP contribution in [0.1, 0.15) is 12.0 Å². The quantitative estimate of drug-likeness (QED) is 0.458. The Morgan fingerprint density at radius 3 is 2.82 bits per heavy atom. The van der Waals surface area contributed by atoms with Gasteiger partial charge in [-0.2, -0.15) is 5.10 Å². The van der Waals surface area contributed by atoms with Crippen LogP contribution in [0.25, 0.3) is 0 Å². The molecule has 2 aromatic rings. The number of nitro groups is 1. The highest BCUT2D eigenvalue weighted by molar-refractivity contribution is 7.89. The molecule has 22 heavy (non-hydrogen) atoms. The second-order valence-electron chi connectivity index (χ2n) is 4.62. The molecule has 0 saturated carbocycles. The van der Waals surface area contributed by atoms with Crippen LogP contribution in [-0.2, 0) is 16.6 Å². The summed E-state index contributed by atoms with van der Waals surface area (Å²) in [7, 11) is -3.77. The number of nitro benzene ring substituents is 1. The van der Waals surface area contributed by atoms with Crippen molar-refractivity contribution in [2.75, 3.05) is 6.54 Å². The molecule has 1 aromatic carbocycles. The summed E-state index contributed by atoms with van der Waals surface area (Å²) in [5.74, 6) is 0. The minimum atomic E-state index is -3.77. The third-order valence-electron chi connectivity index (χ3n) is 3.01. The molecule has 2 rings (SSSR count). The van der Waals surface area contributed by atoms with Crippen LogP contribution in [0.3, 0.4) is 0 Å². The smallest absolute Gasteiger partial charge is 0.258 e. The van der Waals surface area contributed by atoms with Gasteiger partial charge in [0.1, 0.15) is 12.7 Å². The van der Waals surface area contributed by atoms with E-state index in [2.05, 4.69) is 14.8 Å². The highest BCUT2D eigenvalue weighted by atomic mass is 32.2. The first-order chi connectivity index (χ1) is 10.4. The lowest BCUT2D eigenvalue weighted by molar-refractivity contribution is -0.385. The van der Waals surface area contributed by atoms with Gasteiger partial charge in [0.05, 0.1) is 9.82 Å². The molecule has 0 fully saturated rings. The van der Waals surface area contributed by atoms with E-state index in [9.17, 15) is 18.5 Å². The van der Waals surface area contributed by atoms with E-state index in [-0.39, 0.29) is 17.1 Å². The highest BCUT2D eigenvalue weighted by Crippen LogP contribution is 2.21. The number of hydrogen-bond acceptors (Lipinski definition) is 6. The Morgan fingerprint density at radius 2 is 2.18 bits per heavy atom. The van der Waals surface area contributed by atoms with Crippen molar-refractivity contribution in [2.45, 2.75) is 24.8 Å². The van der Waals surface area contributed by atoms with E-state index in [1.807, 2.05) is 0 Å². The van der Waals surface area contributed by atoms with Gasteiger partial charge in [-0.1, -0.05) is 6.07 Å². The zero-order valence-electron chi connectivity index (χ0n) is 11.8. The van der Waals surface area contributed by atoms with Crippen LogP contribution >= 0.6 is 0 Å². The summed E-state index contributed by atoms with van der Waals surface area (Å²) in [6, 6.07) is 3.83. The van der Waals surface area contributed by atoms with Crippen molar-refractivity contribution in [3.05, 3.63) is 46.5 Å². The Kier molecular flexibility index (Phi) is 4.83. The van der Waals surface area contributed by atoms with Crippen molar-refractivity contribution in [3.63, 3.8) is 0 Å². The molecule has 118 valence electrons. The number of rotatable bonds is 7. The second-order valence-corrected chi connectivity index (χ2v) is 6.38. The van der Waals surface area contributed by atoms with E-state index in [4.69, 9.17) is 0 Å². The zero-order chi connectivity index (χ0) is 16.2. The Hall–Kier alpha value is -2.33. The number of aryl methyl sites for hydroxylation is 2. The molecule has 1 aromatic heterocycles. The van der Waals surface area contributed by atoms with Gasteiger partial charge in [-0.3, -0.25) is 14.8 Å². The van der Waals surface area contributed by atoms with Crippen molar-refractivity contribution in [3.8, 4) is 0 Å². The van der Waals surface area contributed by atoms with Crippen molar-refractivity contribution in [1.82, 2.24) is 19.5 Å². The number of nitrogens with one attached hydrogen (secondary N) is 1. The first-order valence-electron chi connectivity index (χ1n) is 6.47. The van der Waals surface area contributed by atoms with Crippen LogP contribution < -0.4 is 4.72 Å². The van der Waals surface area contributed by atoms with E-state index in [0.29, 0.717) is 18.5 Å². The Morgan fingerprint density at radius 1 is 1.41 bits per heavy atom. The fourth-order valence-corrected chi connectivity index (χ4v) is 2.93. The van der Waals surface area contributed by atoms with Gasteiger partial charge in [-0.05, 0) is 19.4 Å². The van der Waals surface area contributed by atoms with Crippen molar-refractivity contribution >= 4 is 15.7 Å². The van der Waals surface area contributed by atoms with E-state index in [1.54, 1.807) is 11.6 Å². The average Bonchev–Trinajstić information content (AvgIpc) is 2.97. The topological polar surface area (TPSA) is 120 Å². The van der Waals surface area contributed by atoms with Gasteiger partial charge in [0.15, 0.2) is 0 Å². The summed E-state index contributed by atoms with van der Waals surface area (Å²) in [6.07, 6.45) is 3.46. The van der Waals surface area contributed by atoms with Gasteiger partial charge in [0, 0.05) is 24.7 Å². The fraction of sp³-hybridized carbons (Fsp3) is 0.333. The number of sulfonamides is 1. The number of nitrogens with zero attached hydrogens (tertiary/aromatic N) is 4. The van der Waals surface area contributed by atoms with Gasteiger partial charge < -0.3 is 0 Å². The third-order valence-corrected chi connectivity index (χ3v) is 4.47. The van der Waals surface area contributed by atoms with Crippen molar-refractivity contribution in [2.24, 2.45) is 0 Å². The summed E-state index contributed by atoms with van der Waals surface area (Å²) in [4.78, 5) is 13.9. The lowest BCUT2D eigenvalue weighted by Gasteiger charge is -2.07. The number of benzene rings is 1. The van der Waals surface area contributed by atoms with Gasteiger partial charge in [0.2, 0.25) is 10.0 Å². The van der Waals surface area contributed by atoms with Crippen LogP contribution in [-0.4, -0.2) is 34.7 Å². The predicted octanol–water partition coefficient (Wildman–Crippen LogP) is 0.863. The maximum Gasteiger partial charge on any atom is 0.273 e. The van der Waals surface area contributed by atoms with Crippen LogP contribution in [0, 0.1) is 17.0 Å². The van der Waals surface area contributed by atoms with E-state index in [0.717, 1.165) is 6.07 Å². The molecule has 0 spiro atoms. The summed E-state index contributed by atoms with van der Waals surface area (Å²) in [6.45, 7) is 2.28. The minimum absolute atomic E-state index is 0.120. The van der Waals surface area contributed by atoms with Gasteiger partial charge >= 0.3 is 0 Å². The van der Waals surface area contributed by atoms with Crippen LogP contribution in [0.15, 0.2) is 35.7 Å². The second kappa shape index (κ2) is 6.62. The lowest BCUT2D eigenvalue weighted by atomic mass is 10.2. The minimum Gasteiger partial charge on any atom is -0.258 e. The molecule has 0 atom stereocenters. The monoisotopic (exact) mass is 325 g/mol. The molecule has 0 aliphatic heterocycles. The maximum absolute atomic E-state index is 12.1. The van der Waals surface area contributed by atoms with Crippen molar-refractivity contribution < 1.29 is 13.3 Å². The van der Waals surface area contributed by atoms with E-state index >= 15 is 0 Å². The molecule has 1 heterocycles. The summed E-state index contributed by atoms with van der Waals surface area (Å²) >= 11 is 0. The molecule has 0 radical (unpaired) electrons. The molecule has 0 saturated heterocycles. The largest absolute Gasteiger partial charge is 0.273 e. The highest BCUT2D eigenvalue weighted by Gasteiger charge is 2.19. The molecule has 10 heteroatoms. The number of hydrogen-bond donors (Lipinski definition) is 1. The molecule has 0 amide bonds. The Bertz CT molecular complexity index is 758. The predicted molar refractivity (Wildman–Crippen MR) is 77.7 cm³/mol. The van der Waals surface area contributed by atoms with Gasteiger partial charge in [0.25, 0.3) is 5.69 Å².